The van der Waals surface area contributed by atoms with Gasteiger partial charge in [0.05, 0.1) is 17.4 Å². The van der Waals surface area contributed by atoms with Crippen LogP contribution in [0.2, 0.25) is 0 Å². The van der Waals surface area contributed by atoms with Crippen LogP contribution in [0.25, 0.3) is 10.9 Å². The fraction of sp³-hybridized carbons (Fsp3) is 0.474. The summed E-state index contributed by atoms with van der Waals surface area (Å²) in [5, 5.41) is 3.83. The number of benzene rings is 1. The van der Waals surface area contributed by atoms with Gasteiger partial charge in [0.2, 0.25) is 0 Å². The Morgan fingerprint density at radius 1 is 1.36 bits per heavy atom. The topological polar surface area (TPSA) is 74.3 Å². The summed E-state index contributed by atoms with van der Waals surface area (Å²) in [5.74, 6) is 0.665. The summed E-state index contributed by atoms with van der Waals surface area (Å²) in [4.78, 5) is 17.0. The van der Waals surface area contributed by atoms with Gasteiger partial charge in [0, 0.05) is 24.5 Å². The van der Waals surface area contributed by atoms with Crippen molar-refractivity contribution >= 4 is 33.7 Å². The molecule has 1 N–H and O–H groups in total. The van der Waals surface area contributed by atoms with E-state index in [1.807, 2.05) is 30.3 Å². The molecule has 2 heterocycles. The number of para-hydroxylation sites is 1. The fourth-order valence-corrected chi connectivity index (χ4v) is 4.30. The van der Waals surface area contributed by atoms with E-state index < -0.39 is 15.9 Å². The van der Waals surface area contributed by atoms with Gasteiger partial charge in [-0.05, 0) is 50.0 Å². The first-order valence-electron chi connectivity index (χ1n) is 8.59. The highest BCUT2D eigenvalue weighted by atomic mass is 32.2. The third kappa shape index (κ3) is 4.32. The van der Waals surface area contributed by atoms with Crippen LogP contribution in [0.1, 0.15) is 26.7 Å². The number of pyridine rings is 1. The van der Waals surface area contributed by atoms with Crippen LogP contribution in [0.3, 0.4) is 0 Å². The lowest BCUT2D eigenvalue weighted by Gasteiger charge is -2.31. The van der Waals surface area contributed by atoms with E-state index in [2.05, 4.69) is 10.3 Å². The van der Waals surface area contributed by atoms with Crippen LogP contribution >= 0.6 is 0 Å². The highest BCUT2D eigenvalue weighted by Crippen LogP contribution is 2.26. The molecule has 0 spiro atoms. The van der Waals surface area contributed by atoms with Gasteiger partial charge >= 0.3 is 0 Å². The highest BCUT2D eigenvalue weighted by Gasteiger charge is 2.41. The van der Waals surface area contributed by atoms with Crippen LogP contribution < -0.4 is 5.32 Å². The monoisotopic (exact) mass is 360 g/mol. The molecule has 0 radical (unpaired) electrons. The van der Waals surface area contributed by atoms with Crippen molar-refractivity contribution in [3.05, 3.63) is 36.5 Å². The number of rotatable bonds is 5. The Balaban J connectivity index is 1.66. The molecule has 1 amide bonds. The van der Waals surface area contributed by atoms with Crippen molar-refractivity contribution in [1.29, 1.82) is 0 Å². The highest BCUT2D eigenvalue weighted by molar-refractivity contribution is 7.93. The Morgan fingerprint density at radius 2 is 2.08 bits per heavy atom. The summed E-state index contributed by atoms with van der Waals surface area (Å²) in [7, 11) is 0. The zero-order valence-electron chi connectivity index (χ0n) is 14.7. The number of aromatic nitrogens is 1. The molecule has 1 saturated heterocycles. The molecule has 0 aliphatic carbocycles. The second-order valence-electron chi connectivity index (χ2n) is 6.95. The van der Waals surface area contributed by atoms with Gasteiger partial charge in [-0.3, -0.25) is 9.78 Å². The predicted molar refractivity (Wildman–Crippen MR) is 101 cm³/mol. The Kier molecular flexibility index (Phi) is 5.61. The lowest BCUT2D eigenvalue weighted by Crippen LogP contribution is -2.47. The molecule has 1 aliphatic rings. The summed E-state index contributed by atoms with van der Waals surface area (Å²) in [5.41, 5.74) is 1.50. The molecular weight excluding hydrogens is 336 g/mol. The van der Waals surface area contributed by atoms with Gasteiger partial charge in [-0.2, -0.15) is 0 Å². The molecule has 0 bridgehead atoms. The number of nitrogens with one attached hydrogen (secondary N) is 1. The minimum Gasteiger partial charge on any atom is -0.616 e. The Bertz CT molecular complexity index is 744. The number of ether oxygens (including phenoxy) is 1. The molecule has 0 saturated carbocycles. The lowest BCUT2D eigenvalue weighted by molar-refractivity contribution is -0.117. The van der Waals surface area contributed by atoms with E-state index in [1.165, 1.54) is 0 Å². The van der Waals surface area contributed by atoms with E-state index in [0.717, 1.165) is 37.0 Å². The molecule has 5 nitrogen and oxygen atoms in total. The zero-order chi connectivity index (χ0) is 17.9. The van der Waals surface area contributed by atoms with Gasteiger partial charge in [0.15, 0.2) is 4.75 Å². The molecule has 1 aliphatic heterocycles. The summed E-state index contributed by atoms with van der Waals surface area (Å²) in [6.45, 7) is 4.92. The summed E-state index contributed by atoms with van der Waals surface area (Å²) in [6.07, 6.45) is 3.47. The molecule has 134 valence electrons. The van der Waals surface area contributed by atoms with Crippen molar-refractivity contribution in [3.8, 4) is 0 Å². The average Bonchev–Trinajstić information content (AvgIpc) is 2.62. The van der Waals surface area contributed by atoms with Crippen molar-refractivity contribution in [2.75, 3.05) is 24.3 Å². The molecule has 2 aromatic rings. The van der Waals surface area contributed by atoms with Gasteiger partial charge < -0.3 is 14.6 Å². The van der Waals surface area contributed by atoms with Gasteiger partial charge in [-0.15, -0.1) is 0 Å². The number of nitrogens with zero attached hydrogens (tertiary/aromatic N) is 1. The quantitative estimate of drug-likeness (QED) is 0.832. The Morgan fingerprint density at radius 3 is 2.84 bits per heavy atom. The van der Waals surface area contributed by atoms with E-state index in [1.54, 1.807) is 20.0 Å². The second kappa shape index (κ2) is 7.72. The largest absolute Gasteiger partial charge is 0.616 e. The normalized spacial score (nSPS) is 17.4. The van der Waals surface area contributed by atoms with Crippen molar-refractivity contribution in [2.24, 2.45) is 5.92 Å². The first-order chi connectivity index (χ1) is 12.0. The molecule has 1 fully saturated rings. The summed E-state index contributed by atoms with van der Waals surface area (Å²) >= 11 is -1.25. The molecule has 3 rings (SSSR count). The van der Waals surface area contributed by atoms with E-state index in [-0.39, 0.29) is 5.91 Å². The zero-order valence-corrected chi connectivity index (χ0v) is 15.5. The maximum Gasteiger partial charge on any atom is 0.280 e. The first-order valence-corrected chi connectivity index (χ1v) is 9.91. The van der Waals surface area contributed by atoms with E-state index in [4.69, 9.17) is 4.74 Å². The summed E-state index contributed by atoms with van der Waals surface area (Å²) in [6, 6.07) is 9.62. The fourth-order valence-electron chi connectivity index (χ4n) is 2.86. The van der Waals surface area contributed by atoms with Gasteiger partial charge in [0.25, 0.3) is 5.91 Å². The smallest absolute Gasteiger partial charge is 0.280 e. The van der Waals surface area contributed by atoms with Crippen molar-refractivity contribution in [1.82, 2.24) is 4.98 Å². The van der Waals surface area contributed by atoms with Crippen molar-refractivity contribution < 1.29 is 14.1 Å². The van der Waals surface area contributed by atoms with Crippen LogP contribution in [-0.2, 0) is 20.7 Å². The van der Waals surface area contributed by atoms with Crippen LogP contribution in [-0.4, -0.2) is 39.2 Å². The minimum atomic E-state index is -1.25. The number of hydrogen-bond donors (Lipinski definition) is 1. The first kappa shape index (κ1) is 18.2. The molecule has 6 heteroatoms. The minimum absolute atomic E-state index is 0.241. The third-order valence-corrected chi connectivity index (χ3v) is 6.79. The predicted octanol–water partition coefficient (Wildman–Crippen LogP) is 3.13. The average molecular weight is 360 g/mol. The molecule has 1 aromatic carbocycles. The second-order valence-corrected chi connectivity index (χ2v) is 8.99. The van der Waals surface area contributed by atoms with Gasteiger partial charge in [-0.25, -0.2) is 0 Å². The van der Waals surface area contributed by atoms with Gasteiger partial charge in [-0.1, -0.05) is 18.2 Å². The van der Waals surface area contributed by atoms with E-state index in [0.29, 0.717) is 17.4 Å². The van der Waals surface area contributed by atoms with Crippen LogP contribution in [0.4, 0.5) is 5.69 Å². The Hall–Kier alpha value is -1.63. The number of carbonyl (C=O) groups excluding carboxylic acids is 1. The molecule has 25 heavy (non-hydrogen) atoms. The lowest BCUT2D eigenvalue weighted by atomic mass is 10.0. The summed E-state index contributed by atoms with van der Waals surface area (Å²) < 4.78 is 17.2. The number of amides is 1. The van der Waals surface area contributed by atoms with Crippen molar-refractivity contribution in [2.45, 2.75) is 31.4 Å². The molecule has 1 atom stereocenters. The number of anilines is 1. The van der Waals surface area contributed by atoms with E-state index >= 15 is 0 Å². The maximum absolute atomic E-state index is 12.8. The third-order valence-electron chi connectivity index (χ3n) is 4.69. The molecular formula is C19H24N2O3S. The van der Waals surface area contributed by atoms with Crippen molar-refractivity contribution in [3.63, 3.8) is 0 Å². The number of carbonyl (C=O) groups is 1. The van der Waals surface area contributed by atoms with Gasteiger partial charge in [0.1, 0.15) is 5.75 Å². The number of hydrogen-bond acceptors (Lipinski definition) is 4. The SMILES string of the molecule is CC(C)(C(=O)Nc1cnc2ccccc2c1)[S+]([O-])CC1CCOCC1. The van der Waals surface area contributed by atoms with Crippen LogP contribution in [0, 0.1) is 5.92 Å². The van der Waals surface area contributed by atoms with E-state index in [9.17, 15) is 9.35 Å². The standard InChI is InChI=1S/C19H24N2O3S/c1-19(2,25(23)13-14-7-9-24-10-8-14)18(22)21-16-11-15-5-3-4-6-17(15)20-12-16/h3-6,11-12,14H,7-10,13H2,1-2H3,(H,21,22). The Labute approximate surface area is 151 Å². The van der Waals surface area contributed by atoms with Crippen LogP contribution in [0.15, 0.2) is 36.5 Å². The number of fused-ring (bicyclic) bond motifs is 1. The van der Waals surface area contributed by atoms with Crippen LogP contribution in [0.5, 0.6) is 0 Å². The maximum atomic E-state index is 12.8. The molecule has 1 unspecified atom stereocenters. The molecule has 1 aromatic heterocycles.